The molecule has 0 aliphatic rings. The van der Waals surface area contributed by atoms with Crippen LogP contribution in [-0.4, -0.2) is 25.9 Å². The topological polar surface area (TPSA) is 60.7 Å². The van der Waals surface area contributed by atoms with Gasteiger partial charge in [0.15, 0.2) is 0 Å². The van der Waals surface area contributed by atoms with E-state index in [4.69, 9.17) is 9.15 Å². The molecule has 27 heavy (non-hydrogen) atoms. The maximum absolute atomic E-state index is 12.2. The standard InChI is InChI=1S/C19H16F3NO4/c1-25-17(16-10-13-4-2-3-5-15(13)26-16)11-23-18(24)12-6-8-14(9-7-12)27-19(20,21)22/h2-10,17H,11H2,1H3,(H,23,24). The Morgan fingerprint density at radius 2 is 1.85 bits per heavy atom. The molecule has 1 unspecified atom stereocenters. The molecule has 0 spiro atoms. The molecule has 5 nitrogen and oxygen atoms in total. The lowest BCUT2D eigenvalue weighted by atomic mass is 10.2. The third kappa shape index (κ3) is 4.79. The zero-order valence-corrected chi connectivity index (χ0v) is 14.2. The molecule has 0 radical (unpaired) electrons. The van der Waals surface area contributed by atoms with Crippen LogP contribution < -0.4 is 10.1 Å². The first-order chi connectivity index (χ1) is 12.9. The molecule has 3 aromatic rings. The van der Waals surface area contributed by atoms with Crippen LogP contribution in [0, 0.1) is 0 Å². The highest BCUT2D eigenvalue weighted by Gasteiger charge is 2.31. The smallest absolute Gasteiger partial charge is 0.458 e. The second-order valence-corrected chi connectivity index (χ2v) is 5.69. The van der Waals surface area contributed by atoms with Crippen molar-refractivity contribution in [1.29, 1.82) is 0 Å². The first kappa shape index (κ1) is 18.8. The van der Waals surface area contributed by atoms with Crippen molar-refractivity contribution in [2.24, 2.45) is 0 Å². The molecule has 0 bridgehead atoms. The van der Waals surface area contributed by atoms with Gasteiger partial charge in [-0.15, -0.1) is 13.2 Å². The maximum atomic E-state index is 12.2. The van der Waals surface area contributed by atoms with Gasteiger partial charge in [-0.25, -0.2) is 0 Å². The van der Waals surface area contributed by atoms with Crippen LogP contribution in [0.15, 0.2) is 59.0 Å². The zero-order valence-electron chi connectivity index (χ0n) is 14.2. The number of nitrogens with one attached hydrogen (secondary N) is 1. The number of methoxy groups -OCH3 is 1. The molecule has 1 aromatic heterocycles. The van der Waals surface area contributed by atoms with Crippen LogP contribution in [0.5, 0.6) is 5.75 Å². The third-order valence-electron chi connectivity index (χ3n) is 3.84. The number of fused-ring (bicyclic) bond motifs is 1. The van der Waals surface area contributed by atoms with E-state index in [2.05, 4.69) is 10.1 Å². The summed E-state index contributed by atoms with van der Waals surface area (Å²) >= 11 is 0. The molecule has 0 saturated heterocycles. The fraction of sp³-hybridized carbons (Fsp3) is 0.211. The lowest BCUT2D eigenvalue weighted by Gasteiger charge is -2.14. The number of halogens is 3. The van der Waals surface area contributed by atoms with Gasteiger partial charge in [-0.05, 0) is 36.4 Å². The number of benzene rings is 2. The number of rotatable bonds is 6. The average Bonchev–Trinajstić information content (AvgIpc) is 3.05. The summed E-state index contributed by atoms with van der Waals surface area (Å²) in [5.74, 6) is -0.282. The summed E-state index contributed by atoms with van der Waals surface area (Å²) in [4.78, 5) is 12.2. The Morgan fingerprint density at radius 1 is 1.15 bits per heavy atom. The Kier molecular flexibility index (Phi) is 5.36. The van der Waals surface area contributed by atoms with Gasteiger partial charge < -0.3 is 19.2 Å². The highest BCUT2D eigenvalue weighted by molar-refractivity contribution is 5.94. The van der Waals surface area contributed by atoms with Gasteiger partial charge >= 0.3 is 6.36 Å². The quantitative estimate of drug-likeness (QED) is 0.688. The summed E-state index contributed by atoms with van der Waals surface area (Å²) in [6.45, 7) is 0.135. The van der Waals surface area contributed by atoms with E-state index in [0.29, 0.717) is 11.3 Å². The van der Waals surface area contributed by atoms with Gasteiger partial charge in [-0.3, -0.25) is 4.79 Å². The molecule has 2 aromatic carbocycles. The molecule has 0 aliphatic carbocycles. The Morgan fingerprint density at radius 3 is 2.48 bits per heavy atom. The summed E-state index contributed by atoms with van der Waals surface area (Å²) in [6.07, 6.45) is -5.28. The number of alkyl halides is 3. The van der Waals surface area contributed by atoms with Crippen molar-refractivity contribution in [2.45, 2.75) is 12.5 Å². The normalized spacial score (nSPS) is 12.7. The van der Waals surface area contributed by atoms with Gasteiger partial charge in [0.25, 0.3) is 5.91 Å². The van der Waals surface area contributed by atoms with E-state index in [1.54, 1.807) is 0 Å². The van der Waals surface area contributed by atoms with Crippen molar-refractivity contribution in [3.05, 3.63) is 65.9 Å². The number of para-hydroxylation sites is 1. The minimum Gasteiger partial charge on any atom is -0.458 e. The number of furan rings is 1. The van der Waals surface area contributed by atoms with Crippen LogP contribution in [-0.2, 0) is 4.74 Å². The highest BCUT2D eigenvalue weighted by atomic mass is 19.4. The van der Waals surface area contributed by atoms with E-state index in [-0.39, 0.29) is 12.1 Å². The predicted molar refractivity (Wildman–Crippen MR) is 91.4 cm³/mol. The number of hydrogen-bond donors (Lipinski definition) is 1. The number of carbonyl (C=O) groups excluding carboxylic acids is 1. The summed E-state index contributed by atoms with van der Waals surface area (Å²) in [7, 11) is 1.49. The predicted octanol–water partition coefficient (Wildman–Crippen LogP) is 4.45. The minimum absolute atomic E-state index is 0.135. The highest BCUT2D eigenvalue weighted by Crippen LogP contribution is 2.26. The maximum Gasteiger partial charge on any atom is 0.573 e. The van der Waals surface area contributed by atoms with Gasteiger partial charge in [-0.1, -0.05) is 18.2 Å². The Hall–Kier alpha value is -3.00. The number of hydrogen-bond acceptors (Lipinski definition) is 4. The summed E-state index contributed by atoms with van der Waals surface area (Å²) in [5.41, 5.74) is 0.908. The molecule has 1 heterocycles. The fourth-order valence-electron chi connectivity index (χ4n) is 2.56. The molecule has 1 N–H and O–H groups in total. The van der Waals surface area contributed by atoms with Crippen molar-refractivity contribution in [3.63, 3.8) is 0 Å². The third-order valence-corrected chi connectivity index (χ3v) is 3.84. The monoisotopic (exact) mass is 379 g/mol. The van der Waals surface area contributed by atoms with Crippen molar-refractivity contribution < 1.29 is 31.9 Å². The Balaban J connectivity index is 1.63. The number of carbonyl (C=O) groups is 1. The number of ether oxygens (including phenoxy) is 2. The lowest BCUT2D eigenvalue weighted by molar-refractivity contribution is -0.274. The Labute approximate surface area is 152 Å². The molecular weight excluding hydrogens is 363 g/mol. The van der Waals surface area contributed by atoms with E-state index in [1.807, 2.05) is 30.3 Å². The molecular formula is C19H16F3NO4. The van der Waals surface area contributed by atoms with Crippen molar-refractivity contribution in [2.75, 3.05) is 13.7 Å². The van der Waals surface area contributed by atoms with Crippen molar-refractivity contribution >= 4 is 16.9 Å². The van der Waals surface area contributed by atoms with Crippen LogP contribution in [0.4, 0.5) is 13.2 Å². The molecule has 0 fully saturated rings. The Bertz CT molecular complexity index is 886. The second-order valence-electron chi connectivity index (χ2n) is 5.69. The molecule has 0 saturated carbocycles. The fourth-order valence-corrected chi connectivity index (χ4v) is 2.56. The molecule has 3 rings (SSSR count). The summed E-state index contributed by atoms with van der Waals surface area (Å²) in [6, 6.07) is 14.0. The second kappa shape index (κ2) is 7.71. The van der Waals surface area contributed by atoms with Crippen LogP contribution in [0.1, 0.15) is 22.2 Å². The largest absolute Gasteiger partial charge is 0.573 e. The van der Waals surface area contributed by atoms with E-state index in [1.165, 1.54) is 19.2 Å². The van der Waals surface area contributed by atoms with Gasteiger partial charge in [0, 0.05) is 18.1 Å². The first-order valence-electron chi connectivity index (χ1n) is 8.01. The molecule has 8 heteroatoms. The molecule has 1 atom stereocenters. The minimum atomic E-state index is -4.78. The van der Waals surface area contributed by atoms with Gasteiger partial charge in [0.1, 0.15) is 23.2 Å². The summed E-state index contributed by atoms with van der Waals surface area (Å²) < 4.78 is 51.4. The van der Waals surface area contributed by atoms with Gasteiger partial charge in [-0.2, -0.15) is 0 Å². The van der Waals surface area contributed by atoms with E-state index in [0.717, 1.165) is 17.5 Å². The van der Waals surface area contributed by atoms with Crippen LogP contribution in [0.2, 0.25) is 0 Å². The van der Waals surface area contributed by atoms with Crippen LogP contribution >= 0.6 is 0 Å². The molecule has 1 amide bonds. The van der Waals surface area contributed by atoms with E-state index < -0.39 is 24.1 Å². The van der Waals surface area contributed by atoms with Crippen molar-refractivity contribution in [3.8, 4) is 5.75 Å². The van der Waals surface area contributed by atoms with Crippen LogP contribution in [0.3, 0.4) is 0 Å². The van der Waals surface area contributed by atoms with Crippen molar-refractivity contribution in [1.82, 2.24) is 5.32 Å². The molecule has 142 valence electrons. The van der Waals surface area contributed by atoms with E-state index in [9.17, 15) is 18.0 Å². The first-order valence-corrected chi connectivity index (χ1v) is 8.01. The van der Waals surface area contributed by atoms with Gasteiger partial charge in [0.2, 0.25) is 0 Å². The average molecular weight is 379 g/mol. The number of amides is 1. The van der Waals surface area contributed by atoms with Gasteiger partial charge in [0.05, 0.1) is 6.54 Å². The molecule has 0 aliphatic heterocycles. The summed E-state index contributed by atoms with van der Waals surface area (Å²) in [5, 5.41) is 3.59. The SMILES string of the molecule is COC(CNC(=O)c1ccc(OC(F)(F)F)cc1)c1cc2ccccc2o1. The van der Waals surface area contributed by atoms with Crippen LogP contribution in [0.25, 0.3) is 11.0 Å². The van der Waals surface area contributed by atoms with E-state index >= 15 is 0 Å². The zero-order chi connectivity index (χ0) is 19.4. The lowest BCUT2D eigenvalue weighted by Crippen LogP contribution is -2.29.